The Kier molecular flexibility index (Phi) is 4.50. The van der Waals surface area contributed by atoms with Crippen LogP contribution in [0.5, 0.6) is 0 Å². The molecule has 0 aliphatic carbocycles. The molecule has 2 atom stereocenters. The molecule has 8 heavy (non-hydrogen) atoms. The quantitative estimate of drug-likeness (QED) is 0.528. The molecule has 0 bridgehead atoms. The fraction of sp³-hybridized carbons (Fsp3) is 1.00. The third-order valence-electron chi connectivity index (χ3n) is 1.39. The molecule has 0 fully saturated rings. The second-order valence-corrected chi connectivity index (χ2v) is 2.93. The van der Waals surface area contributed by atoms with Crippen LogP contribution >= 0.6 is 9.24 Å². The van der Waals surface area contributed by atoms with Gasteiger partial charge in [-0.3, -0.25) is 4.90 Å². The van der Waals surface area contributed by atoms with Crippen LogP contribution in [0.25, 0.3) is 0 Å². The highest BCUT2D eigenvalue weighted by molar-refractivity contribution is 7.17. The predicted octanol–water partition coefficient (Wildman–Crippen LogP) is 1.55. The Bertz CT molecular complexity index is 50.5. The minimum absolute atomic E-state index is 0.630. The molecule has 0 aromatic heterocycles. The average Bonchev–Trinajstić information content (AvgIpc) is 1.69. The first kappa shape index (κ1) is 8.39. The molecule has 0 aliphatic rings. The van der Waals surface area contributed by atoms with Crippen LogP contribution in [0, 0.1) is 0 Å². The molecule has 0 saturated heterocycles. The van der Waals surface area contributed by atoms with Crippen LogP contribution < -0.4 is 0 Å². The Morgan fingerprint density at radius 3 is 1.75 bits per heavy atom. The Hall–Kier alpha value is 0.390. The second-order valence-electron chi connectivity index (χ2n) is 1.96. The van der Waals surface area contributed by atoms with Crippen LogP contribution in [0.2, 0.25) is 0 Å². The summed E-state index contributed by atoms with van der Waals surface area (Å²) in [6.07, 6.45) is 0. The van der Waals surface area contributed by atoms with Crippen LogP contribution in [0.1, 0.15) is 20.8 Å². The Labute approximate surface area is 54.7 Å². The van der Waals surface area contributed by atoms with E-state index in [2.05, 4.69) is 34.9 Å². The molecule has 0 spiro atoms. The van der Waals surface area contributed by atoms with E-state index in [1.807, 2.05) is 0 Å². The first-order chi connectivity index (χ1) is 3.72. The van der Waals surface area contributed by atoms with Gasteiger partial charge in [-0.25, -0.2) is 0 Å². The van der Waals surface area contributed by atoms with Crippen LogP contribution in [0.3, 0.4) is 0 Å². The topological polar surface area (TPSA) is 3.24 Å². The van der Waals surface area contributed by atoms with Crippen molar-refractivity contribution in [3.8, 4) is 0 Å². The van der Waals surface area contributed by atoms with E-state index in [1.54, 1.807) is 0 Å². The number of hydrogen-bond donors (Lipinski definition) is 0. The van der Waals surface area contributed by atoms with Gasteiger partial charge in [0, 0.05) is 5.78 Å². The molecule has 0 aromatic rings. The Morgan fingerprint density at radius 2 is 1.75 bits per heavy atom. The summed E-state index contributed by atoms with van der Waals surface area (Å²) in [4.78, 5) is 2.38. The van der Waals surface area contributed by atoms with E-state index >= 15 is 0 Å². The highest BCUT2D eigenvalue weighted by Gasteiger charge is 2.00. The van der Waals surface area contributed by atoms with Gasteiger partial charge in [-0.1, -0.05) is 13.8 Å². The summed E-state index contributed by atoms with van der Waals surface area (Å²) >= 11 is 0. The summed E-state index contributed by atoms with van der Waals surface area (Å²) in [7, 11) is 2.79. The molecule has 0 heterocycles. The highest BCUT2D eigenvalue weighted by atomic mass is 31.0. The maximum atomic E-state index is 2.79. The monoisotopic (exact) mass is 133 g/mol. The molecule has 0 N–H and O–H groups in total. The molecular weight excluding hydrogens is 117 g/mol. The van der Waals surface area contributed by atoms with Crippen LogP contribution in [-0.4, -0.2) is 23.8 Å². The van der Waals surface area contributed by atoms with Crippen molar-refractivity contribution < 1.29 is 0 Å². The smallest absolute Gasteiger partial charge is 0.0211 e. The normalized spacial score (nSPS) is 14.6. The van der Waals surface area contributed by atoms with Gasteiger partial charge >= 0.3 is 0 Å². The van der Waals surface area contributed by atoms with Crippen molar-refractivity contribution in [2.75, 3.05) is 13.1 Å². The minimum Gasteiger partial charge on any atom is -0.298 e. The molecule has 0 rings (SSSR count). The van der Waals surface area contributed by atoms with Crippen molar-refractivity contribution in [2.24, 2.45) is 0 Å². The number of nitrogens with zero attached hydrogens (tertiary/aromatic N) is 1. The summed E-state index contributed by atoms with van der Waals surface area (Å²) in [6.45, 7) is 8.87. The SMILES string of the molecule is CCN(CC)C(C)P. The molecule has 50 valence electrons. The molecule has 2 unspecified atom stereocenters. The molecule has 1 nitrogen and oxygen atoms in total. The van der Waals surface area contributed by atoms with E-state index in [0.717, 1.165) is 13.1 Å². The summed E-state index contributed by atoms with van der Waals surface area (Å²) in [5, 5.41) is 0. The fourth-order valence-corrected chi connectivity index (χ4v) is 1.22. The third kappa shape index (κ3) is 2.64. The van der Waals surface area contributed by atoms with E-state index in [4.69, 9.17) is 0 Å². The van der Waals surface area contributed by atoms with E-state index in [1.165, 1.54) is 0 Å². The molecule has 0 aliphatic heterocycles. The zero-order chi connectivity index (χ0) is 6.57. The summed E-state index contributed by atoms with van der Waals surface area (Å²) in [5.74, 6) is 0.630. The van der Waals surface area contributed by atoms with Crippen molar-refractivity contribution in [2.45, 2.75) is 26.6 Å². The molecule has 0 saturated carbocycles. The van der Waals surface area contributed by atoms with Crippen molar-refractivity contribution in [1.29, 1.82) is 0 Å². The average molecular weight is 133 g/mol. The largest absolute Gasteiger partial charge is 0.298 e. The zero-order valence-electron chi connectivity index (χ0n) is 6.02. The summed E-state index contributed by atoms with van der Waals surface area (Å²) in [6, 6.07) is 0. The van der Waals surface area contributed by atoms with Crippen molar-refractivity contribution in [1.82, 2.24) is 4.90 Å². The van der Waals surface area contributed by atoms with E-state index in [0.29, 0.717) is 5.78 Å². The third-order valence-corrected chi connectivity index (χ3v) is 1.81. The molecule has 0 radical (unpaired) electrons. The lowest BCUT2D eigenvalue weighted by molar-refractivity contribution is 0.296. The van der Waals surface area contributed by atoms with Crippen molar-refractivity contribution in [3.63, 3.8) is 0 Å². The van der Waals surface area contributed by atoms with Gasteiger partial charge in [0.15, 0.2) is 0 Å². The maximum Gasteiger partial charge on any atom is 0.0211 e. The van der Waals surface area contributed by atoms with Crippen LogP contribution in [-0.2, 0) is 0 Å². The van der Waals surface area contributed by atoms with Crippen molar-refractivity contribution in [3.05, 3.63) is 0 Å². The van der Waals surface area contributed by atoms with Crippen molar-refractivity contribution >= 4 is 9.24 Å². The van der Waals surface area contributed by atoms with Gasteiger partial charge in [-0.2, -0.15) is 0 Å². The van der Waals surface area contributed by atoms with Gasteiger partial charge in [0.25, 0.3) is 0 Å². The second kappa shape index (κ2) is 4.29. The Balaban J connectivity index is 3.35. The predicted molar refractivity (Wildman–Crippen MR) is 42.1 cm³/mol. The molecule has 0 amide bonds. The van der Waals surface area contributed by atoms with Gasteiger partial charge < -0.3 is 0 Å². The van der Waals surface area contributed by atoms with Gasteiger partial charge in [-0.05, 0) is 20.0 Å². The summed E-state index contributed by atoms with van der Waals surface area (Å²) in [5.41, 5.74) is 0. The molecule has 2 heteroatoms. The highest BCUT2D eigenvalue weighted by Crippen LogP contribution is 2.03. The Morgan fingerprint density at radius 1 is 1.38 bits per heavy atom. The van der Waals surface area contributed by atoms with Gasteiger partial charge in [0.05, 0.1) is 0 Å². The lowest BCUT2D eigenvalue weighted by atomic mass is 10.5. The summed E-state index contributed by atoms with van der Waals surface area (Å²) < 4.78 is 0. The van der Waals surface area contributed by atoms with Gasteiger partial charge in [0.1, 0.15) is 0 Å². The van der Waals surface area contributed by atoms with Crippen LogP contribution in [0.15, 0.2) is 0 Å². The maximum absolute atomic E-state index is 2.79. The zero-order valence-corrected chi connectivity index (χ0v) is 7.17. The van der Waals surface area contributed by atoms with Gasteiger partial charge in [-0.15, -0.1) is 9.24 Å². The molecular formula is C6H16NP. The minimum atomic E-state index is 0.630. The van der Waals surface area contributed by atoms with E-state index in [9.17, 15) is 0 Å². The number of rotatable bonds is 3. The van der Waals surface area contributed by atoms with E-state index < -0.39 is 0 Å². The lowest BCUT2D eigenvalue weighted by Crippen LogP contribution is -2.27. The van der Waals surface area contributed by atoms with E-state index in [-0.39, 0.29) is 0 Å². The molecule has 0 aromatic carbocycles. The lowest BCUT2D eigenvalue weighted by Gasteiger charge is -2.21. The standard InChI is InChI=1S/C6H16NP/c1-4-7(5-2)6(3)8/h6H,4-5,8H2,1-3H3. The van der Waals surface area contributed by atoms with Gasteiger partial charge in [0.2, 0.25) is 0 Å². The van der Waals surface area contributed by atoms with Crippen LogP contribution in [0.4, 0.5) is 0 Å². The fourth-order valence-electron chi connectivity index (χ4n) is 0.800. The number of hydrogen-bond acceptors (Lipinski definition) is 1. The first-order valence-corrected chi connectivity index (χ1v) is 3.88. The first-order valence-electron chi connectivity index (χ1n) is 3.22.